The Labute approximate surface area is 128 Å². The van der Waals surface area contributed by atoms with Crippen molar-refractivity contribution in [3.63, 3.8) is 0 Å². The maximum Gasteiger partial charge on any atom is 0.123 e. The molecule has 1 N–H and O–H groups in total. The van der Waals surface area contributed by atoms with Crippen LogP contribution in [0.15, 0.2) is 24.3 Å². The Hall–Kier alpha value is -0.930. The second kappa shape index (κ2) is 7.90. The lowest BCUT2D eigenvalue weighted by Crippen LogP contribution is -2.29. The highest BCUT2D eigenvalue weighted by Gasteiger charge is 2.26. The first-order valence-corrected chi connectivity index (χ1v) is 8.31. The summed E-state index contributed by atoms with van der Waals surface area (Å²) in [4.78, 5) is 2.55. The van der Waals surface area contributed by atoms with Crippen LogP contribution in [0.1, 0.15) is 45.2 Å². The molecule has 1 fully saturated rings. The Balaban J connectivity index is 1.93. The largest absolute Gasteiger partial charge is 0.310 e. The molecule has 0 spiro atoms. The average Bonchev–Trinajstić information content (AvgIpc) is 2.78. The summed E-state index contributed by atoms with van der Waals surface area (Å²) in [5.41, 5.74) is 1.07. The predicted molar refractivity (Wildman–Crippen MR) is 86.8 cm³/mol. The van der Waals surface area contributed by atoms with Gasteiger partial charge in [0.15, 0.2) is 0 Å². The lowest BCUT2D eigenvalue weighted by Gasteiger charge is -2.23. The number of hydrogen-bond acceptors (Lipinski definition) is 2. The summed E-state index contributed by atoms with van der Waals surface area (Å²) >= 11 is 0. The van der Waals surface area contributed by atoms with E-state index in [2.05, 4.69) is 31.0 Å². The van der Waals surface area contributed by atoms with Crippen LogP contribution in [-0.4, -0.2) is 31.1 Å². The van der Waals surface area contributed by atoms with Gasteiger partial charge in [-0.05, 0) is 55.5 Å². The molecular formula is C18H29FN2. The molecular weight excluding hydrogens is 263 g/mol. The van der Waals surface area contributed by atoms with Crippen molar-refractivity contribution in [2.75, 3.05) is 26.2 Å². The highest BCUT2D eigenvalue weighted by atomic mass is 19.1. The molecule has 1 saturated heterocycles. The fourth-order valence-corrected chi connectivity index (χ4v) is 3.17. The molecule has 0 amide bonds. The van der Waals surface area contributed by atoms with Gasteiger partial charge >= 0.3 is 0 Å². The van der Waals surface area contributed by atoms with E-state index in [0.717, 1.165) is 43.3 Å². The summed E-state index contributed by atoms with van der Waals surface area (Å²) in [5.74, 6) is 1.45. The molecule has 1 aliphatic heterocycles. The van der Waals surface area contributed by atoms with Crippen molar-refractivity contribution in [2.45, 2.75) is 39.7 Å². The van der Waals surface area contributed by atoms with Gasteiger partial charge in [-0.25, -0.2) is 4.39 Å². The van der Waals surface area contributed by atoms with Crippen LogP contribution in [0, 0.1) is 17.7 Å². The van der Waals surface area contributed by atoms with Gasteiger partial charge in [0.25, 0.3) is 0 Å². The third-order valence-corrected chi connectivity index (χ3v) is 4.69. The third kappa shape index (κ3) is 4.79. The summed E-state index contributed by atoms with van der Waals surface area (Å²) < 4.78 is 13.5. The highest BCUT2D eigenvalue weighted by Crippen LogP contribution is 2.24. The van der Waals surface area contributed by atoms with Gasteiger partial charge in [0.2, 0.25) is 0 Å². The molecule has 0 radical (unpaired) electrons. The van der Waals surface area contributed by atoms with E-state index in [-0.39, 0.29) is 11.9 Å². The van der Waals surface area contributed by atoms with Crippen LogP contribution >= 0.6 is 0 Å². The summed E-state index contributed by atoms with van der Waals surface area (Å²) in [6.07, 6.45) is 2.15. The maximum absolute atomic E-state index is 13.5. The standard InChI is InChI=1S/C18H29FN2/c1-4-9-20-18(16-6-5-7-17(19)11-16)8-10-21-12-14(2)15(3)13-21/h5-7,11,14-15,18,20H,4,8-10,12-13H2,1-3H3. The summed E-state index contributed by atoms with van der Waals surface area (Å²) in [5, 5.41) is 3.57. The molecule has 2 rings (SSSR count). The lowest BCUT2D eigenvalue weighted by atomic mass is 10.0. The fraction of sp³-hybridized carbons (Fsp3) is 0.667. The summed E-state index contributed by atoms with van der Waals surface area (Å²) in [6, 6.07) is 7.29. The number of nitrogens with one attached hydrogen (secondary N) is 1. The maximum atomic E-state index is 13.5. The van der Waals surface area contributed by atoms with Gasteiger partial charge in [0, 0.05) is 19.1 Å². The molecule has 0 aromatic heterocycles. The normalized spacial score (nSPS) is 24.4. The molecule has 0 saturated carbocycles. The monoisotopic (exact) mass is 292 g/mol. The Morgan fingerprint density at radius 3 is 2.62 bits per heavy atom. The zero-order valence-corrected chi connectivity index (χ0v) is 13.6. The van der Waals surface area contributed by atoms with E-state index in [1.54, 1.807) is 6.07 Å². The van der Waals surface area contributed by atoms with Gasteiger partial charge in [-0.1, -0.05) is 32.9 Å². The van der Waals surface area contributed by atoms with E-state index in [4.69, 9.17) is 0 Å². The van der Waals surface area contributed by atoms with Crippen LogP contribution in [0.5, 0.6) is 0 Å². The zero-order chi connectivity index (χ0) is 15.2. The first kappa shape index (κ1) is 16.4. The number of halogens is 1. The van der Waals surface area contributed by atoms with Gasteiger partial charge in [-0.15, -0.1) is 0 Å². The van der Waals surface area contributed by atoms with E-state index in [0.29, 0.717) is 0 Å². The van der Waals surface area contributed by atoms with Gasteiger partial charge in [-0.2, -0.15) is 0 Å². The molecule has 1 aromatic rings. The van der Waals surface area contributed by atoms with Gasteiger partial charge in [-0.3, -0.25) is 0 Å². The molecule has 0 bridgehead atoms. The first-order valence-electron chi connectivity index (χ1n) is 8.31. The third-order valence-electron chi connectivity index (χ3n) is 4.69. The Kier molecular flexibility index (Phi) is 6.19. The Morgan fingerprint density at radius 1 is 1.29 bits per heavy atom. The molecule has 1 aliphatic rings. The second-order valence-electron chi connectivity index (χ2n) is 6.56. The van der Waals surface area contributed by atoms with Gasteiger partial charge < -0.3 is 10.2 Å². The molecule has 1 aromatic carbocycles. The quantitative estimate of drug-likeness (QED) is 0.821. The number of hydrogen-bond donors (Lipinski definition) is 1. The van der Waals surface area contributed by atoms with E-state index in [9.17, 15) is 4.39 Å². The van der Waals surface area contributed by atoms with E-state index in [1.807, 2.05) is 12.1 Å². The lowest BCUT2D eigenvalue weighted by molar-refractivity contribution is 0.298. The smallest absolute Gasteiger partial charge is 0.123 e. The summed E-state index contributed by atoms with van der Waals surface area (Å²) in [6.45, 7) is 11.3. The number of benzene rings is 1. The van der Waals surface area contributed by atoms with Crippen molar-refractivity contribution in [3.05, 3.63) is 35.6 Å². The van der Waals surface area contributed by atoms with Crippen molar-refractivity contribution >= 4 is 0 Å². The minimum atomic E-state index is -0.140. The Bertz CT molecular complexity index is 425. The van der Waals surface area contributed by atoms with E-state index < -0.39 is 0 Å². The van der Waals surface area contributed by atoms with E-state index >= 15 is 0 Å². The van der Waals surface area contributed by atoms with Crippen LogP contribution in [0.2, 0.25) is 0 Å². The van der Waals surface area contributed by atoms with Crippen LogP contribution < -0.4 is 5.32 Å². The topological polar surface area (TPSA) is 15.3 Å². The molecule has 3 atom stereocenters. The Morgan fingerprint density at radius 2 is 2.00 bits per heavy atom. The second-order valence-corrected chi connectivity index (χ2v) is 6.56. The average molecular weight is 292 g/mol. The number of likely N-dealkylation sites (tertiary alicyclic amines) is 1. The SMILES string of the molecule is CCCNC(CCN1CC(C)C(C)C1)c1cccc(F)c1. The van der Waals surface area contributed by atoms with Crippen molar-refractivity contribution in [1.82, 2.24) is 10.2 Å². The molecule has 21 heavy (non-hydrogen) atoms. The predicted octanol–water partition coefficient (Wildman–Crippen LogP) is 3.84. The molecule has 3 heteroatoms. The van der Waals surface area contributed by atoms with Crippen molar-refractivity contribution < 1.29 is 4.39 Å². The van der Waals surface area contributed by atoms with E-state index in [1.165, 1.54) is 19.2 Å². The molecule has 3 unspecified atom stereocenters. The minimum Gasteiger partial charge on any atom is -0.310 e. The van der Waals surface area contributed by atoms with Crippen LogP contribution in [0.3, 0.4) is 0 Å². The molecule has 118 valence electrons. The van der Waals surface area contributed by atoms with Crippen LogP contribution in [-0.2, 0) is 0 Å². The number of rotatable bonds is 7. The first-order chi connectivity index (χ1) is 10.1. The van der Waals surface area contributed by atoms with Gasteiger partial charge in [0.05, 0.1) is 0 Å². The fourth-order valence-electron chi connectivity index (χ4n) is 3.17. The zero-order valence-electron chi connectivity index (χ0n) is 13.6. The van der Waals surface area contributed by atoms with Crippen LogP contribution in [0.25, 0.3) is 0 Å². The highest BCUT2D eigenvalue weighted by molar-refractivity contribution is 5.20. The van der Waals surface area contributed by atoms with Crippen LogP contribution in [0.4, 0.5) is 4.39 Å². The van der Waals surface area contributed by atoms with Crippen molar-refractivity contribution in [2.24, 2.45) is 11.8 Å². The number of nitrogens with zero attached hydrogens (tertiary/aromatic N) is 1. The minimum absolute atomic E-state index is 0.140. The van der Waals surface area contributed by atoms with Crippen molar-refractivity contribution in [1.29, 1.82) is 0 Å². The molecule has 0 aliphatic carbocycles. The molecule has 1 heterocycles. The molecule has 2 nitrogen and oxygen atoms in total. The van der Waals surface area contributed by atoms with Crippen molar-refractivity contribution in [3.8, 4) is 0 Å². The van der Waals surface area contributed by atoms with Gasteiger partial charge in [0.1, 0.15) is 5.82 Å². The summed E-state index contributed by atoms with van der Waals surface area (Å²) in [7, 11) is 0.